The lowest BCUT2D eigenvalue weighted by molar-refractivity contribution is 0.102. The van der Waals surface area contributed by atoms with E-state index < -0.39 is 0 Å². The predicted octanol–water partition coefficient (Wildman–Crippen LogP) is 4.64. The van der Waals surface area contributed by atoms with Gasteiger partial charge in [0.1, 0.15) is 5.82 Å². The van der Waals surface area contributed by atoms with Gasteiger partial charge in [-0.25, -0.2) is 9.18 Å². The van der Waals surface area contributed by atoms with Crippen LogP contribution in [0.2, 0.25) is 0 Å². The fourth-order valence-electron chi connectivity index (χ4n) is 3.99. The number of rotatable bonds is 5. The van der Waals surface area contributed by atoms with E-state index in [0.29, 0.717) is 42.4 Å². The number of urea groups is 1. The standard InChI is InChI=1S/C25H22FN3O4/c26-19-4-1-3-17(13-19)15-28-11-2-12-29(25(28)31)21-8-6-20(7-9-21)27-24(30)18-5-10-22-23(14-18)33-16-32-22/h1,3-10,13-14H,2,11-12,15-16H2,(H,27,30). The van der Waals surface area contributed by atoms with Crippen LogP contribution in [-0.2, 0) is 6.54 Å². The molecule has 0 aromatic heterocycles. The largest absolute Gasteiger partial charge is 0.454 e. The number of hydrogen-bond acceptors (Lipinski definition) is 4. The van der Waals surface area contributed by atoms with Gasteiger partial charge in [-0.1, -0.05) is 12.1 Å². The summed E-state index contributed by atoms with van der Waals surface area (Å²) in [6.45, 7) is 1.73. The fraction of sp³-hybridized carbons (Fsp3) is 0.200. The molecule has 0 aliphatic carbocycles. The minimum absolute atomic E-state index is 0.123. The maximum Gasteiger partial charge on any atom is 0.324 e. The van der Waals surface area contributed by atoms with Crippen LogP contribution in [0.4, 0.5) is 20.6 Å². The molecule has 2 aliphatic rings. The highest BCUT2D eigenvalue weighted by atomic mass is 19.1. The minimum atomic E-state index is -0.313. The van der Waals surface area contributed by atoms with E-state index in [4.69, 9.17) is 9.47 Å². The van der Waals surface area contributed by atoms with Crippen molar-refractivity contribution >= 4 is 23.3 Å². The van der Waals surface area contributed by atoms with E-state index in [-0.39, 0.29) is 24.5 Å². The summed E-state index contributed by atoms with van der Waals surface area (Å²) in [7, 11) is 0. The number of anilines is 2. The lowest BCUT2D eigenvalue weighted by Gasteiger charge is -2.35. The molecule has 0 atom stereocenters. The third-order valence-electron chi connectivity index (χ3n) is 5.65. The van der Waals surface area contributed by atoms with E-state index in [2.05, 4.69) is 5.32 Å². The monoisotopic (exact) mass is 447 g/mol. The Morgan fingerprint density at radius 3 is 2.61 bits per heavy atom. The normalized spacial score (nSPS) is 15.0. The average molecular weight is 447 g/mol. The molecule has 1 saturated heterocycles. The molecule has 1 fully saturated rings. The van der Waals surface area contributed by atoms with Crippen molar-refractivity contribution in [3.8, 4) is 11.5 Å². The second-order valence-corrected chi connectivity index (χ2v) is 7.91. The molecule has 0 radical (unpaired) electrons. The van der Waals surface area contributed by atoms with Crippen molar-refractivity contribution in [1.82, 2.24) is 4.90 Å². The minimum Gasteiger partial charge on any atom is -0.454 e. The Labute approximate surface area is 190 Å². The smallest absolute Gasteiger partial charge is 0.324 e. The second-order valence-electron chi connectivity index (χ2n) is 7.91. The van der Waals surface area contributed by atoms with Crippen LogP contribution in [0.5, 0.6) is 11.5 Å². The van der Waals surface area contributed by atoms with Gasteiger partial charge in [-0.15, -0.1) is 0 Å². The molecule has 33 heavy (non-hydrogen) atoms. The molecule has 7 nitrogen and oxygen atoms in total. The molecule has 8 heteroatoms. The molecular formula is C25H22FN3O4. The van der Waals surface area contributed by atoms with Crippen molar-refractivity contribution in [2.75, 3.05) is 30.1 Å². The molecule has 1 N–H and O–H groups in total. The third kappa shape index (κ3) is 4.45. The summed E-state index contributed by atoms with van der Waals surface area (Å²) >= 11 is 0. The van der Waals surface area contributed by atoms with Gasteiger partial charge in [0.25, 0.3) is 5.91 Å². The van der Waals surface area contributed by atoms with E-state index in [1.54, 1.807) is 58.3 Å². The molecule has 2 aliphatic heterocycles. The van der Waals surface area contributed by atoms with Crippen molar-refractivity contribution in [2.24, 2.45) is 0 Å². The molecule has 0 spiro atoms. The zero-order valence-electron chi connectivity index (χ0n) is 17.8. The van der Waals surface area contributed by atoms with Gasteiger partial charge < -0.3 is 19.7 Å². The highest BCUT2D eigenvalue weighted by Gasteiger charge is 2.27. The average Bonchev–Trinajstić information content (AvgIpc) is 3.29. The second kappa shape index (κ2) is 8.82. The summed E-state index contributed by atoms with van der Waals surface area (Å²) in [6, 6.07) is 18.3. The van der Waals surface area contributed by atoms with Gasteiger partial charge in [0.15, 0.2) is 11.5 Å². The van der Waals surface area contributed by atoms with Crippen LogP contribution in [0, 0.1) is 5.82 Å². The quantitative estimate of drug-likeness (QED) is 0.619. The van der Waals surface area contributed by atoms with Crippen molar-refractivity contribution < 1.29 is 23.5 Å². The summed E-state index contributed by atoms with van der Waals surface area (Å²) in [5, 5.41) is 2.85. The molecule has 0 unspecified atom stereocenters. The zero-order chi connectivity index (χ0) is 22.8. The number of hydrogen-bond donors (Lipinski definition) is 1. The van der Waals surface area contributed by atoms with E-state index in [9.17, 15) is 14.0 Å². The number of carbonyl (C=O) groups excluding carboxylic acids is 2. The summed E-state index contributed by atoms with van der Waals surface area (Å²) in [4.78, 5) is 29.0. The summed E-state index contributed by atoms with van der Waals surface area (Å²) in [6.07, 6.45) is 0.809. The van der Waals surface area contributed by atoms with Crippen molar-refractivity contribution in [2.45, 2.75) is 13.0 Å². The number of halogens is 1. The van der Waals surface area contributed by atoms with Gasteiger partial charge in [0.2, 0.25) is 6.79 Å². The molecule has 0 bridgehead atoms. The zero-order valence-corrected chi connectivity index (χ0v) is 17.8. The molecule has 3 aromatic carbocycles. The van der Waals surface area contributed by atoms with Crippen molar-refractivity contribution in [1.29, 1.82) is 0 Å². The molecular weight excluding hydrogens is 425 g/mol. The number of benzene rings is 3. The van der Waals surface area contributed by atoms with Crippen molar-refractivity contribution in [3.05, 3.63) is 83.7 Å². The first-order valence-electron chi connectivity index (χ1n) is 10.7. The van der Waals surface area contributed by atoms with E-state index in [1.165, 1.54) is 12.1 Å². The van der Waals surface area contributed by atoms with Gasteiger partial charge in [-0.05, 0) is 66.6 Å². The molecule has 168 valence electrons. The maximum absolute atomic E-state index is 13.5. The van der Waals surface area contributed by atoms with E-state index in [1.807, 2.05) is 6.07 Å². The Bertz CT molecular complexity index is 1200. The van der Waals surface area contributed by atoms with E-state index >= 15 is 0 Å². The highest BCUT2D eigenvalue weighted by Crippen LogP contribution is 2.32. The van der Waals surface area contributed by atoms with Gasteiger partial charge in [0.05, 0.1) is 0 Å². The summed E-state index contributed by atoms with van der Waals surface area (Å²) < 4.78 is 24.1. The van der Waals surface area contributed by atoms with E-state index in [0.717, 1.165) is 17.7 Å². The maximum atomic E-state index is 13.5. The van der Waals surface area contributed by atoms with Gasteiger partial charge in [-0.3, -0.25) is 9.69 Å². The lowest BCUT2D eigenvalue weighted by Crippen LogP contribution is -2.49. The Kier molecular flexibility index (Phi) is 5.56. The molecule has 5 rings (SSSR count). The first kappa shape index (κ1) is 20.8. The molecule has 3 amide bonds. The predicted molar refractivity (Wildman–Crippen MR) is 121 cm³/mol. The summed E-state index contributed by atoms with van der Waals surface area (Å²) in [5.41, 5.74) is 2.57. The first-order valence-corrected chi connectivity index (χ1v) is 10.7. The highest BCUT2D eigenvalue weighted by molar-refractivity contribution is 6.05. The summed E-state index contributed by atoms with van der Waals surface area (Å²) in [5.74, 6) is 0.585. The van der Waals surface area contributed by atoms with Crippen LogP contribution in [0.15, 0.2) is 66.7 Å². The Morgan fingerprint density at radius 2 is 1.79 bits per heavy atom. The number of amides is 3. The van der Waals surface area contributed by atoms with Crippen LogP contribution in [0.25, 0.3) is 0 Å². The lowest BCUT2D eigenvalue weighted by atomic mass is 10.1. The number of fused-ring (bicyclic) bond motifs is 1. The van der Waals surface area contributed by atoms with Crippen molar-refractivity contribution in [3.63, 3.8) is 0 Å². The van der Waals surface area contributed by atoms with Gasteiger partial charge in [0, 0.05) is 36.6 Å². The molecule has 3 aromatic rings. The van der Waals surface area contributed by atoms with Crippen LogP contribution < -0.4 is 19.7 Å². The Morgan fingerprint density at radius 1 is 0.970 bits per heavy atom. The number of nitrogens with zero attached hydrogens (tertiary/aromatic N) is 2. The Balaban J connectivity index is 1.25. The van der Waals surface area contributed by atoms with Crippen LogP contribution in [0.1, 0.15) is 22.3 Å². The topological polar surface area (TPSA) is 71.1 Å². The van der Waals surface area contributed by atoms with Crippen LogP contribution in [-0.4, -0.2) is 36.7 Å². The molecule has 2 heterocycles. The number of ether oxygens (including phenoxy) is 2. The molecule has 0 saturated carbocycles. The SMILES string of the molecule is O=C(Nc1ccc(N2CCCN(Cc3cccc(F)c3)C2=O)cc1)c1ccc2c(c1)OCO2. The van der Waals surface area contributed by atoms with Crippen LogP contribution in [0.3, 0.4) is 0 Å². The Hall–Kier alpha value is -4.07. The number of carbonyl (C=O) groups is 2. The number of nitrogens with one attached hydrogen (secondary N) is 1. The van der Waals surface area contributed by atoms with Gasteiger partial charge >= 0.3 is 6.03 Å². The first-order chi connectivity index (χ1) is 16.1. The fourth-order valence-corrected chi connectivity index (χ4v) is 3.99. The third-order valence-corrected chi connectivity index (χ3v) is 5.65. The van der Waals surface area contributed by atoms with Crippen LogP contribution >= 0.6 is 0 Å². The van der Waals surface area contributed by atoms with Gasteiger partial charge in [-0.2, -0.15) is 0 Å².